The number of H-pyrrole nitrogens is 1. The summed E-state index contributed by atoms with van der Waals surface area (Å²) in [4.78, 5) is 7.13. The summed E-state index contributed by atoms with van der Waals surface area (Å²) in [6.45, 7) is 0. The Balaban J connectivity index is 2.89. The summed E-state index contributed by atoms with van der Waals surface area (Å²) in [6, 6.07) is 3.92. The molecule has 0 atom stereocenters. The minimum atomic E-state index is 0.459. The van der Waals surface area contributed by atoms with Crippen LogP contribution in [0.2, 0.25) is 0 Å². The molecule has 0 aliphatic rings. The second-order valence-corrected chi connectivity index (χ2v) is 4.31. The first kappa shape index (κ1) is 8.31. The molecule has 0 aliphatic carbocycles. The Hall–Kier alpha value is -0.300. The van der Waals surface area contributed by atoms with Crippen LogP contribution < -0.4 is 5.73 Å². The number of rotatable bonds is 0. The Labute approximate surface area is 91.0 Å². The number of nitrogens with two attached hydrogens (primary N) is 1. The number of nitrogen functional groups attached to an aromatic ring is 1. The summed E-state index contributed by atoms with van der Waals surface area (Å²) >= 11 is 5.65. The van der Waals surface area contributed by atoms with E-state index in [-0.39, 0.29) is 0 Å². The lowest BCUT2D eigenvalue weighted by molar-refractivity contribution is 1.35. The third-order valence-electron chi connectivity index (χ3n) is 1.56. The van der Waals surface area contributed by atoms with Crippen molar-refractivity contribution < 1.29 is 0 Å². The lowest BCUT2D eigenvalue weighted by Gasteiger charge is -1.94. The number of anilines is 1. The SMILES string of the molecule is Nc1nc2c(I)c(Br)ccc2[nH]1. The van der Waals surface area contributed by atoms with Gasteiger partial charge in [0.05, 0.1) is 9.09 Å². The number of aromatic nitrogens is 2. The highest BCUT2D eigenvalue weighted by Gasteiger charge is 2.06. The van der Waals surface area contributed by atoms with Gasteiger partial charge in [0.1, 0.15) is 5.52 Å². The zero-order valence-electron chi connectivity index (χ0n) is 5.94. The number of benzene rings is 1. The minimum absolute atomic E-state index is 0.459. The zero-order valence-corrected chi connectivity index (χ0v) is 9.68. The fourth-order valence-electron chi connectivity index (χ4n) is 1.04. The number of nitrogens with one attached hydrogen (secondary N) is 1. The van der Waals surface area contributed by atoms with Gasteiger partial charge in [-0.15, -0.1) is 0 Å². The molecule has 3 nitrogen and oxygen atoms in total. The molecule has 1 aromatic carbocycles. The Morgan fingerprint density at radius 2 is 2.25 bits per heavy atom. The highest BCUT2D eigenvalue weighted by Crippen LogP contribution is 2.26. The molecule has 3 N–H and O–H groups in total. The van der Waals surface area contributed by atoms with Gasteiger partial charge >= 0.3 is 0 Å². The minimum Gasteiger partial charge on any atom is -0.369 e. The Bertz CT molecular complexity index is 437. The van der Waals surface area contributed by atoms with E-state index in [0.29, 0.717) is 5.95 Å². The molecule has 0 spiro atoms. The summed E-state index contributed by atoms with van der Waals surface area (Å²) in [5, 5.41) is 0. The molecule has 0 bridgehead atoms. The summed E-state index contributed by atoms with van der Waals surface area (Å²) in [5.41, 5.74) is 7.42. The van der Waals surface area contributed by atoms with Gasteiger partial charge in [-0.2, -0.15) is 0 Å². The summed E-state index contributed by atoms with van der Waals surface area (Å²) < 4.78 is 2.13. The van der Waals surface area contributed by atoms with Gasteiger partial charge in [0.15, 0.2) is 5.95 Å². The average molecular weight is 338 g/mol. The monoisotopic (exact) mass is 337 g/mol. The fraction of sp³-hybridized carbons (Fsp3) is 0. The van der Waals surface area contributed by atoms with Crippen LogP contribution in [0.1, 0.15) is 0 Å². The number of aromatic amines is 1. The van der Waals surface area contributed by atoms with Crippen molar-refractivity contribution in [2.24, 2.45) is 0 Å². The zero-order chi connectivity index (χ0) is 8.72. The predicted octanol–water partition coefficient (Wildman–Crippen LogP) is 2.51. The van der Waals surface area contributed by atoms with Crippen LogP contribution in [0.4, 0.5) is 5.95 Å². The van der Waals surface area contributed by atoms with Crippen molar-refractivity contribution in [1.82, 2.24) is 9.97 Å². The molecule has 2 rings (SSSR count). The molecule has 0 amide bonds. The van der Waals surface area contributed by atoms with E-state index in [1.54, 1.807) is 0 Å². The van der Waals surface area contributed by atoms with Gasteiger partial charge in [-0.05, 0) is 50.7 Å². The quantitative estimate of drug-likeness (QED) is 0.726. The Morgan fingerprint density at radius 1 is 1.50 bits per heavy atom. The maximum Gasteiger partial charge on any atom is 0.198 e. The second kappa shape index (κ2) is 2.88. The number of hydrogen-bond acceptors (Lipinski definition) is 2. The predicted molar refractivity (Wildman–Crippen MR) is 60.9 cm³/mol. The highest BCUT2D eigenvalue weighted by molar-refractivity contribution is 14.1. The third-order valence-corrected chi connectivity index (χ3v) is 4.06. The van der Waals surface area contributed by atoms with E-state index in [4.69, 9.17) is 5.73 Å². The van der Waals surface area contributed by atoms with Gasteiger partial charge in [-0.3, -0.25) is 0 Å². The molecule has 0 aliphatic heterocycles. The van der Waals surface area contributed by atoms with Crippen LogP contribution in [0.25, 0.3) is 11.0 Å². The maximum atomic E-state index is 5.52. The molecule has 0 radical (unpaired) electrons. The normalized spacial score (nSPS) is 10.8. The van der Waals surface area contributed by atoms with E-state index >= 15 is 0 Å². The lowest BCUT2D eigenvalue weighted by atomic mass is 10.3. The van der Waals surface area contributed by atoms with Crippen molar-refractivity contribution in [1.29, 1.82) is 0 Å². The highest BCUT2D eigenvalue weighted by atomic mass is 127. The van der Waals surface area contributed by atoms with Crippen molar-refractivity contribution in [3.8, 4) is 0 Å². The van der Waals surface area contributed by atoms with Crippen molar-refractivity contribution in [2.45, 2.75) is 0 Å². The van der Waals surface area contributed by atoms with E-state index < -0.39 is 0 Å². The first-order chi connectivity index (χ1) is 5.68. The van der Waals surface area contributed by atoms with E-state index in [1.165, 1.54) is 0 Å². The van der Waals surface area contributed by atoms with E-state index in [1.807, 2.05) is 12.1 Å². The first-order valence-corrected chi connectivity index (χ1v) is 5.15. The molecule has 0 saturated heterocycles. The number of fused-ring (bicyclic) bond motifs is 1. The molecule has 0 saturated carbocycles. The molecule has 1 heterocycles. The summed E-state index contributed by atoms with van der Waals surface area (Å²) in [7, 11) is 0. The molecular formula is C7H5BrIN3. The lowest BCUT2D eigenvalue weighted by Crippen LogP contribution is -1.84. The molecule has 62 valence electrons. The van der Waals surface area contributed by atoms with Crippen molar-refractivity contribution in [3.05, 3.63) is 20.2 Å². The van der Waals surface area contributed by atoms with E-state index in [2.05, 4.69) is 48.5 Å². The molecule has 1 aromatic heterocycles. The number of hydrogen-bond donors (Lipinski definition) is 2. The molecular weight excluding hydrogens is 333 g/mol. The van der Waals surface area contributed by atoms with Gasteiger partial charge in [-0.1, -0.05) is 0 Å². The second-order valence-electron chi connectivity index (χ2n) is 2.38. The standard InChI is InChI=1S/C7H5BrIN3/c8-3-1-2-4-6(5(3)9)12-7(10)11-4/h1-2H,(H3,10,11,12). The van der Waals surface area contributed by atoms with Crippen LogP contribution in [-0.2, 0) is 0 Å². The maximum absolute atomic E-state index is 5.52. The van der Waals surface area contributed by atoms with Crippen LogP contribution in [-0.4, -0.2) is 9.97 Å². The van der Waals surface area contributed by atoms with Gasteiger partial charge < -0.3 is 10.7 Å². The molecule has 12 heavy (non-hydrogen) atoms. The number of halogens is 2. The van der Waals surface area contributed by atoms with E-state index in [0.717, 1.165) is 19.1 Å². The van der Waals surface area contributed by atoms with E-state index in [9.17, 15) is 0 Å². The third kappa shape index (κ3) is 1.20. The largest absolute Gasteiger partial charge is 0.369 e. The van der Waals surface area contributed by atoms with Gasteiger partial charge in [0, 0.05) is 4.47 Å². The smallest absolute Gasteiger partial charge is 0.198 e. The summed E-state index contributed by atoms with van der Waals surface area (Å²) in [6.07, 6.45) is 0. The average Bonchev–Trinajstić information content (AvgIpc) is 2.39. The Kier molecular flexibility index (Phi) is 1.99. The fourth-order valence-corrected chi connectivity index (χ4v) is 1.95. The van der Waals surface area contributed by atoms with Crippen LogP contribution in [0, 0.1) is 3.57 Å². The number of imidazole rings is 1. The van der Waals surface area contributed by atoms with Crippen LogP contribution in [0.3, 0.4) is 0 Å². The van der Waals surface area contributed by atoms with Crippen molar-refractivity contribution >= 4 is 55.5 Å². The van der Waals surface area contributed by atoms with Crippen molar-refractivity contribution in [2.75, 3.05) is 5.73 Å². The molecule has 0 unspecified atom stereocenters. The summed E-state index contributed by atoms with van der Waals surface area (Å²) in [5.74, 6) is 0.459. The van der Waals surface area contributed by atoms with Crippen molar-refractivity contribution in [3.63, 3.8) is 0 Å². The van der Waals surface area contributed by atoms with Crippen LogP contribution in [0.5, 0.6) is 0 Å². The Morgan fingerprint density at radius 3 is 3.00 bits per heavy atom. The molecule has 2 aromatic rings. The van der Waals surface area contributed by atoms with Gasteiger partial charge in [0.2, 0.25) is 0 Å². The van der Waals surface area contributed by atoms with Crippen LogP contribution in [0.15, 0.2) is 16.6 Å². The number of nitrogens with zero attached hydrogens (tertiary/aromatic N) is 1. The first-order valence-electron chi connectivity index (χ1n) is 3.27. The van der Waals surface area contributed by atoms with Crippen LogP contribution >= 0.6 is 38.5 Å². The molecule has 0 fully saturated rings. The molecule has 5 heteroatoms. The van der Waals surface area contributed by atoms with Gasteiger partial charge in [0.25, 0.3) is 0 Å². The van der Waals surface area contributed by atoms with Gasteiger partial charge in [-0.25, -0.2) is 4.98 Å². The topological polar surface area (TPSA) is 54.7 Å².